The van der Waals surface area contributed by atoms with Crippen LogP contribution in [0, 0.1) is 0 Å². The first kappa shape index (κ1) is 23.4. The molecule has 9 heteroatoms. The van der Waals surface area contributed by atoms with Crippen molar-refractivity contribution in [3.63, 3.8) is 0 Å². The lowest BCUT2D eigenvalue weighted by atomic mass is 10.1. The Labute approximate surface area is 174 Å². The molecule has 164 valence electrons. The molecule has 1 aliphatic heterocycles. The van der Waals surface area contributed by atoms with Crippen LogP contribution in [0.1, 0.15) is 31.7 Å². The lowest BCUT2D eigenvalue weighted by Crippen LogP contribution is -2.39. The van der Waals surface area contributed by atoms with E-state index in [-0.39, 0.29) is 18.4 Å². The van der Waals surface area contributed by atoms with Crippen molar-refractivity contribution in [1.29, 1.82) is 0 Å². The van der Waals surface area contributed by atoms with Crippen LogP contribution in [-0.2, 0) is 21.2 Å². The minimum Gasteiger partial charge on any atom is -0.497 e. The maximum absolute atomic E-state index is 12.2. The summed E-state index contributed by atoms with van der Waals surface area (Å²) in [4.78, 5) is 4.38. The predicted octanol–water partition coefficient (Wildman–Crippen LogP) is 1.28. The fraction of sp³-hybridized carbons (Fsp3) is 0.650. The predicted molar refractivity (Wildman–Crippen MR) is 116 cm³/mol. The third-order valence-corrected chi connectivity index (χ3v) is 5.97. The highest BCUT2D eigenvalue weighted by molar-refractivity contribution is 7.89. The number of guanidine groups is 1. The standard InChI is InChI=1S/C20H34N4O4S/c1-3-21-20(22-12-11-17-7-9-18(27-2)10-8-17)23-13-15-29(25,26)24-16-19-6-4-5-14-28-19/h7-10,19,24H,3-6,11-16H2,1-2H3,(H2,21,22,23). The molecular formula is C20H34N4O4S. The topological polar surface area (TPSA) is 101 Å². The van der Waals surface area contributed by atoms with Crippen molar-refractivity contribution in [3.05, 3.63) is 29.8 Å². The van der Waals surface area contributed by atoms with Gasteiger partial charge in [-0.1, -0.05) is 12.1 Å². The maximum Gasteiger partial charge on any atom is 0.213 e. The highest BCUT2D eigenvalue weighted by Gasteiger charge is 2.17. The Morgan fingerprint density at radius 3 is 2.69 bits per heavy atom. The normalized spacial score (nSPS) is 17.7. The van der Waals surface area contributed by atoms with Crippen molar-refractivity contribution < 1.29 is 17.9 Å². The Bertz CT molecular complexity index is 717. The van der Waals surface area contributed by atoms with E-state index in [0.717, 1.165) is 31.4 Å². The molecule has 0 aliphatic carbocycles. The van der Waals surface area contributed by atoms with Gasteiger partial charge >= 0.3 is 0 Å². The van der Waals surface area contributed by atoms with Crippen LogP contribution in [0.15, 0.2) is 29.3 Å². The molecule has 0 radical (unpaired) electrons. The number of methoxy groups -OCH3 is 1. The van der Waals surface area contributed by atoms with Crippen molar-refractivity contribution in [2.45, 2.75) is 38.7 Å². The van der Waals surface area contributed by atoms with Crippen LogP contribution in [0.4, 0.5) is 0 Å². The van der Waals surface area contributed by atoms with Crippen LogP contribution in [0.3, 0.4) is 0 Å². The Morgan fingerprint density at radius 1 is 1.24 bits per heavy atom. The van der Waals surface area contributed by atoms with Gasteiger partial charge in [0.1, 0.15) is 5.75 Å². The zero-order chi connectivity index (χ0) is 21.0. The lowest BCUT2D eigenvalue weighted by molar-refractivity contribution is 0.0200. The zero-order valence-corrected chi connectivity index (χ0v) is 18.3. The summed E-state index contributed by atoms with van der Waals surface area (Å²) in [5.74, 6) is 1.41. The van der Waals surface area contributed by atoms with Gasteiger partial charge in [0.05, 0.1) is 25.5 Å². The third-order valence-electron chi connectivity index (χ3n) is 4.64. The first-order chi connectivity index (χ1) is 14.0. The van der Waals surface area contributed by atoms with E-state index in [1.807, 2.05) is 31.2 Å². The summed E-state index contributed by atoms with van der Waals surface area (Å²) in [7, 11) is -1.72. The summed E-state index contributed by atoms with van der Waals surface area (Å²) in [6.45, 7) is 4.62. The molecule has 8 nitrogen and oxygen atoms in total. The van der Waals surface area contributed by atoms with Gasteiger partial charge in [0.25, 0.3) is 0 Å². The van der Waals surface area contributed by atoms with E-state index < -0.39 is 10.0 Å². The van der Waals surface area contributed by atoms with Gasteiger partial charge in [-0.2, -0.15) is 0 Å². The average molecular weight is 427 g/mol. The summed E-state index contributed by atoms with van der Waals surface area (Å²) in [5, 5.41) is 6.38. The Kier molecular flexibility index (Phi) is 10.2. The van der Waals surface area contributed by atoms with E-state index in [4.69, 9.17) is 9.47 Å². The fourth-order valence-electron chi connectivity index (χ4n) is 3.00. The molecule has 1 fully saturated rings. The molecule has 0 saturated carbocycles. The van der Waals surface area contributed by atoms with Gasteiger partial charge in [-0.05, 0) is 50.3 Å². The molecule has 1 saturated heterocycles. The summed E-state index contributed by atoms with van der Waals surface area (Å²) >= 11 is 0. The van der Waals surface area contributed by atoms with Crippen LogP contribution in [0.25, 0.3) is 0 Å². The fourth-order valence-corrected chi connectivity index (χ4v) is 3.91. The second-order valence-electron chi connectivity index (χ2n) is 6.94. The number of rotatable bonds is 11. The molecule has 0 spiro atoms. The number of nitrogens with one attached hydrogen (secondary N) is 3. The maximum atomic E-state index is 12.2. The Balaban J connectivity index is 1.73. The molecule has 3 N–H and O–H groups in total. The largest absolute Gasteiger partial charge is 0.497 e. The van der Waals surface area contributed by atoms with Gasteiger partial charge in [0, 0.05) is 26.2 Å². The lowest BCUT2D eigenvalue weighted by Gasteiger charge is -2.22. The highest BCUT2D eigenvalue weighted by atomic mass is 32.2. The number of hydrogen-bond acceptors (Lipinski definition) is 5. The van der Waals surface area contributed by atoms with Crippen LogP contribution in [-0.4, -0.2) is 66.1 Å². The van der Waals surface area contributed by atoms with E-state index in [0.29, 0.717) is 32.2 Å². The molecule has 0 bridgehead atoms. The van der Waals surface area contributed by atoms with Crippen molar-refractivity contribution in [2.75, 3.05) is 45.6 Å². The highest BCUT2D eigenvalue weighted by Crippen LogP contribution is 2.12. The third kappa shape index (κ3) is 9.47. The Morgan fingerprint density at radius 2 is 2.03 bits per heavy atom. The summed E-state index contributed by atoms with van der Waals surface area (Å²) < 4.78 is 37.7. The zero-order valence-electron chi connectivity index (χ0n) is 17.4. The number of sulfonamides is 1. The molecule has 1 aromatic carbocycles. The molecule has 1 unspecified atom stereocenters. The molecule has 1 atom stereocenters. The van der Waals surface area contributed by atoms with Gasteiger partial charge in [-0.15, -0.1) is 0 Å². The monoisotopic (exact) mass is 426 g/mol. The molecule has 2 rings (SSSR count). The van der Waals surface area contributed by atoms with Crippen LogP contribution < -0.4 is 20.1 Å². The van der Waals surface area contributed by atoms with E-state index in [9.17, 15) is 8.42 Å². The number of hydrogen-bond donors (Lipinski definition) is 3. The minimum absolute atomic E-state index is 0.0148. The SMILES string of the molecule is CCNC(=NCCS(=O)(=O)NCC1CCCCO1)NCCc1ccc(OC)cc1. The van der Waals surface area contributed by atoms with Crippen molar-refractivity contribution >= 4 is 16.0 Å². The summed E-state index contributed by atoms with van der Waals surface area (Å²) in [6, 6.07) is 7.92. The number of ether oxygens (including phenoxy) is 2. The van der Waals surface area contributed by atoms with Crippen molar-refractivity contribution in [1.82, 2.24) is 15.4 Å². The molecule has 0 amide bonds. The van der Waals surface area contributed by atoms with Crippen LogP contribution >= 0.6 is 0 Å². The second-order valence-corrected chi connectivity index (χ2v) is 8.87. The smallest absolute Gasteiger partial charge is 0.213 e. The summed E-state index contributed by atoms with van der Waals surface area (Å²) in [5.41, 5.74) is 1.19. The minimum atomic E-state index is -3.37. The van der Waals surface area contributed by atoms with Gasteiger partial charge < -0.3 is 20.1 Å². The van der Waals surface area contributed by atoms with Gasteiger partial charge in [-0.3, -0.25) is 4.99 Å². The number of benzene rings is 1. The van der Waals surface area contributed by atoms with E-state index >= 15 is 0 Å². The quantitative estimate of drug-likeness (QED) is 0.364. The summed E-state index contributed by atoms with van der Waals surface area (Å²) in [6.07, 6.45) is 3.86. The van der Waals surface area contributed by atoms with Crippen LogP contribution in [0.2, 0.25) is 0 Å². The molecular weight excluding hydrogens is 392 g/mol. The van der Waals surface area contributed by atoms with E-state index in [1.54, 1.807) is 7.11 Å². The first-order valence-electron chi connectivity index (χ1n) is 10.3. The molecule has 1 aliphatic rings. The molecule has 0 aromatic heterocycles. The van der Waals surface area contributed by atoms with Crippen LogP contribution in [0.5, 0.6) is 5.75 Å². The van der Waals surface area contributed by atoms with Gasteiger partial charge in [-0.25, -0.2) is 13.1 Å². The first-order valence-corrected chi connectivity index (χ1v) is 11.9. The number of nitrogens with zero attached hydrogens (tertiary/aromatic N) is 1. The van der Waals surface area contributed by atoms with Crippen molar-refractivity contribution in [3.8, 4) is 5.75 Å². The molecule has 1 aromatic rings. The second kappa shape index (κ2) is 12.7. The Hall–Kier alpha value is -1.84. The molecule has 29 heavy (non-hydrogen) atoms. The van der Waals surface area contributed by atoms with Gasteiger partial charge in [0.2, 0.25) is 10.0 Å². The van der Waals surface area contributed by atoms with Crippen molar-refractivity contribution in [2.24, 2.45) is 4.99 Å². The number of aliphatic imine (C=N–C) groups is 1. The van der Waals surface area contributed by atoms with E-state index in [2.05, 4.69) is 20.3 Å². The van der Waals surface area contributed by atoms with Gasteiger partial charge in [0.15, 0.2) is 5.96 Å². The molecule has 1 heterocycles. The van der Waals surface area contributed by atoms with E-state index in [1.165, 1.54) is 5.56 Å². The average Bonchev–Trinajstić information content (AvgIpc) is 2.73.